The number of benzene rings is 1. The van der Waals surface area contributed by atoms with Gasteiger partial charge in [-0.05, 0) is 37.1 Å². The SMILES string of the molecule is C=CCN(CC=C)C(=O)c1ccc(NC(=O)NCCC(=O)NC2CCCC2)cc1. The van der Waals surface area contributed by atoms with E-state index in [0.29, 0.717) is 24.3 Å². The molecule has 0 bridgehead atoms. The van der Waals surface area contributed by atoms with Crippen molar-refractivity contribution in [2.75, 3.05) is 25.0 Å². The fourth-order valence-corrected chi connectivity index (χ4v) is 3.27. The number of hydrogen-bond donors (Lipinski definition) is 3. The van der Waals surface area contributed by atoms with Gasteiger partial charge < -0.3 is 20.9 Å². The molecule has 1 aliphatic carbocycles. The molecule has 156 valence electrons. The second-order valence-electron chi connectivity index (χ2n) is 7.04. The molecule has 0 spiro atoms. The summed E-state index contributed by atoms with van der Waals surface area (Å²) in [5.74, 6) is -0.169. The molecule has 0 aliphatic heterocycles. The van der Waals surface area contributed by atoms with Crippen molar-refractivity contribution in [2.45, 2.75) is 38.1 Å². The zero-order chi connectivity index (χ0) is 21.1. The molecule has 4 amide bonds. The van der Waals surface area contributed by atoms with Crippen LogP contribution < -0.4 is 16.0 Å². The van der Waals surface area contributed by atoms with Gasteiger partial charge in [0, 0.05) is 43.3 Å². The first-order valence-corrected chi connectivity index (χ1v) is 9.99. The van der Waals surface area contributed by atoms with Crippen LogP contribution in [-0.4, -0.2) is 48.4 Å². The van der Waals surface area contributed by atoms with Crippen molar-refractivity contribution in [2.24, 2.45) is 0 Å². The number of nitrogens with one attached hydrogen (secondary N) is 3. The molecule has 1 fully saturated rings. The summed E-state index contributed by atoms with van der Waals surface area (Å²) in [4.78, 5) is 37.9. The van der Waals surface area contributed by atoms with Crippen LogP contribution in [0.4, 0.5) is 10.5 Å². The zero-order valence-electron chi connectivity index (χ0n) is 16.8. The predicted octanol–water partition coefficient (Wildman–Crippen LogP) is 3.07. The van der Waals surface area contributed by atoms with Crippen molar-refractivity contribution in [1.82, 2.24) is 15.5 Å². The summed E-state index contributed by atoms with van der Waals surface area (Å²) in [7, 11) is 0. The molecule has 7 nitrogen and oxygen atoms in total. The number of carbonyl (C=O) groups is 3. The molecule has 7 heteroatoms. The Labute approximate surface area is 172 Å². The first-order chi connectivity index (χ1) is 14.0. The van der Waals surface area contributed by atoms with Gasteiger partial charge in [0.15, 0.2) is 0 Å². The topological polar surface area (TPSA) is 90.5 Å². The number of carbonyl (C=O) groups excluding carboxylic acids is 3. The van der Waals surface area contributed by atoms with Gasteiger partial charge in [-0.25, -0.2) is 4.79 Å². The quantitative estimate of drug-likeness (QED) is 0.529. The van der Waals surface area contributed by atoms with E-state index in [2.05, 4.69) is 29.1 Å². The lowest BCUT2D eigenvalue weighted by Crippen LogP contribution is -2.36. The summed E-state index contributed by atoms with van der Waals surface area (Å²) in [5.41, 5.74) is 1.08. The Morgan fingerprint density at radius 1 is 1.03 bits per heavy atom. The number of hydrogen-bond acceptors (Lipinski definition) is 3. The van der Waals surface area contributed by atoms with Gasteiger partial charge in [-0.2, -0.15) is 0 Å². The third-order valence-electron chi connectivity index (χ3n) is 4.73. The Morgan fingerprint density at radius 3 is 2.24 bits per heavy atom. The Balaban J connectivity index is 1.75. The first kappa shape index (κ1) is 22.2. The second kappa shape index (κ2) is 11.7. The van der Waals surface area contributed by atoms with Crippen LogP contribution in [0.3, 0.4) is 0 Å². The summed E-state index contributed by atoms with van der Waals surface area (Å²) >= 11 is 0. The Kier molecular flexibility index (Phi) is 8.95. The number of rotatable bonds is 10. The molecule has 29 heavy (non-hydrogen) atoms. The number of amides is 4. The third-order valence-corrected chi connectivity index (χ3v) is 4.73. The largest absolute Gasteiger partial charge is 0.353 e. The number of anilines is 1. The van der Waals surface area contributed by atoms with Crippen LogP contribution in [-0.2, 0) is 4.79 Å². The minimum atomic E-state index is -0.391. The van der Waals surface area contributed by atoms with Crippen LogP contribution in [0.5, 0.6) is 0 Å². The minimum absolute atomic E-state index is 0.0383. The van der Waals surface area contributed by atoms with Crippen LogP contribution in [0.15, 0.2) is 49.6 Å². The Morgan fingerprint density at radius 2 is 1.66 bits per heavy atom. The first-order valence-electron chi connectivity index (χ1n) is 9.99. The van der Waals surface area contributed by atoms with E-state index in [1.54, 1.807) is 41.3 Å². The van der Waals surface area contributed by atoms with Crippen LogP contribution >= 0.6 is 0 Å². The van der Waals surface area contributed by atoms with Crippen LogP contribution in [0.1, 0.15) is 42.5 Å². The lowest BCUT2D eigenvalue weighted by atomic mass is 10.1. The Bertz CT molecular complexity index is 714. The van der Waals surface area contributed by atoms with Gasteiger partial charge in [0.1, 0.15) is 0 Å². The molecular weight excluding hydrogens is 368 g/mol. The van der Waals surface area contributed by atoms with E-state index in [1.165, 1.54) is 0 Å². The van der Waals surface area contributed by atoms with E-state index >= 15 is 0 Å². The zero-order valence-corrected chi connectivity index (χ0v) is 16.8. The lowest BCUT2D eigenvalue weighted by Gasteiger charge is -2.19. The predicted molar refractivity (Wildman–Crippen MR) is 115 cm³/mol. The smallest absolute Gasteiger partial charge is 0.319 e. The maximum atomic E-state index is 12.5. The second-order valence-corrected chi connectivity index (χ2v) is 7.04. The van der Waals surface area contributed by atoms with Crippen molar-refractivity contribution >= 4 is 23.5 Å². The van der Waals surface area contributed by atoms with Crippen molar-refractivity contribution in [3.05, 3.63) is 55.1 Å². The van der Waals surface area contributed by atoms with Crippen LogP contribution in [0, 0.1) is 0 Å². The molecule has 1 saturated carbocycles. The van der Waals surface area contributed by atoms with E-state index in [4.69, 9.17) is 0 Å². The molecule has 1 aromatic carbocycles. The molecule has 1 aromatic rings. The molecule has 3 N–H and O–H groups in total. The highest BCUT2D eigenvalue weighted by Gasteiger charge is 2.17. The van der Waals surface area contributed by atoms with Gasteiger partial charge in [0.25, 0.3) is 5.91 Å². The maximum absolute atomic E-state index is 12.5. The molecular formula is C22H30N4O3. The van der Waals surface area contributed by atoms with E-state index in [0.717, 1.165) is 25.7 Å². The molecule has 0 atom stereocenters. The maximum Gasteiger partial charge on any atom is 0.319 e. The van der Waals surface area contributed by atoms with Crippen molar-refractivity contribution < 1.29 is 14.4 Å². The van der Waals surface area contributed by atoms with Crippen molar-refractivity contribution in [3.63, 3.8) is 0 Å². The summed E-state index contributed by atoms with van der Waals surface area (Å²) < 4.78 is 0. The molecule has 0 radical (unpaired) electrons. The van der Waals surface area contributed by atoms with E-state index in [-0.39, 0.29) is 30.8 Å². The van der Waals surface area contributed by atoms with E-state index in [1.807, 2.05) is 0 Å². The van der Waals surface area contributed by atoms with Crippen LogP contribution in [0.2, 0.25) is 0 Å². The standard InChI is InChI=1S/C22H30N4O3/c1-3-15-26(16-4-2)21(28)17-9-11-19(12-10-17)25-22(29)23-14-13-20(27)24-18-7-5-6-8-18/h3-4,9-12,18H,1-2,5-8,13-16H2,(H,24,27)(H2,23,25,29). The average Bonchev–Trinajstić information content (AvgIpc) is 3.21. The van der Waals surface area contributed by atoms with Crippen LogP contribution in [0.25, 0.3) is 0 Å². The van der Waals surface area contributed by atoms with Gasteiger partial charge in [-0.15, -0.1) is 13.2 Å². The normalized spacial score (nSPS) is 13.4. The highest BCUT2D eigenvalue weighted by molar-refractivity contribution is 5.95. The summed E-state index contributed by atoms with van der Waals surface area (Å²) in [6.07, 6.45) is 7.98. The molecule has 2 rings (SSSR count). The highest BCUT2D eigenvalue weighted by Crippen LogP contribution is 2.17. The van der Waals surface area contributed by atoms with Gasteiger partial charge in [-0.3, -0.25) is 9.59 Å². The number of nitrogens with zero attached hydrogens (tertiary/aromatic N) is 1. The number of urea groups is 1. The van der Waals surface area contributed by atoms with Gasteiger partial charge in [-0.1, -0.05) is 25.0 Å². The van der Waals surface area contributed by atoms with Gasteiger partial charge in [0.2, 0.25) is 5.91 Å². The molecule has 0 heterocycles. The summed E-state index contributed by atoms with van der Waals surface area (Å²) in [5, 5.41) is 8.35. The van der Waals surface area contributed by atoms with Gasteiger partial charge in [0.05, 0.1) is 0 Å². The molecule has 1 aliphatic rings. The summed E-state index contributed by atoms with van der Waals surface area (Å²) in [6.45, 7) is 8.44. The van der Waals surface area contributed by atoms with E-state index < -0.39 is 6.03 Å². The molecule has 0 saturated heterocycles. The van der Waals surface area contributed by atoms with Crippen molar-refractivity contribution in [1.29, 1.82) is 0 Å². The average molecular weight is 399 g/mol. The van der Waals surface area contributed by atoms with Crippen molar-refractivity contribution in [3.8, 4) is 0 Å². The van der Waals surface area contributed by atoms with E-state index in [9.17, 15) is 14.4 Å². The lowest BCUT2D eigenvalue weighted by molar-refractivity contribution is -0.121. The third kappa shape index (κ3) is 7.44. The van der Waals surface area contributed by atoms with Gasteiger partial charge >= 0.3 is 6.03 Å². The molecule has 0 aromatic heterocycles. The molecule has 0 unspecified atom stereocenters. The fourth-order valence-electron chi connectivity index (χ4n) is 3.27. The monoisotopic (exact) mass is 398 g/mol. The fraction of sp³-hybridized carbons (Fsp3) is 0.409. The minimum Gasteiger partial charge on any atom is -0.353 e. The summed E-state index contributed by atoms with van der Waals surface area (Å²) in [6, 6.07) is 6.54. The highest BCUT2D eigenvalue weighted by atomic mass is 16.2. The Hall–Kier alpha value is -3.09.